The van der Waals surface area contributed by atoms with Gasteiger partial charge in [-0.2, -0.15) is 0 Å². The normalized spacial score (nSPS) is 12.4. The number of nitrogens with one attached hydrogen (secondary N) is 1. The lowest BCUT2D eigenvalue weighted by atomic mass is 10.1. The van der Waals surface area contributed by atoms with Crippen molar-refractivity contribution < 1.29 is 0 Å². The van der Waals surface area contributed by atoms with E-state index in [1.807, 2.05) is 11.8 Å². The maximum Gasteiger partial charge on any atom is 0.0186 e. The fourth-order valence-corrected chi connectivity index (χ4v) is 3.32. The van der Waals surface area contributed by atoms with Gasteiger partial charge in [-0.15, -0.1) is 18.3 Å². The molecule has 3 heteroatoms. The van der Waals surface area contributed by atoms with Crippen molar-refractivity contribution in [2.24, 2.45) is 0 Å². The fourth-order valence-electron chi connectivity index (χ4n) is 1.71. The number of halogens is 1. The molecule has 1 atom stereocenters. The Kier molecular flexibility index (Phi) is 7.71. The van der Waals surface area contributed by atoms with Crippen LogP contribution in [0.1, 0.15) is 26.7 Å². The molecule has 18 heavy (non-hydrogen) atoms. The molecule has 0 saturated heterocycles. The van der Waals surface area contributed by atoms with Gasteiger partial charge >= 0.3 is 0 Å². The lowest BCUT2D eigenvalue weighted by molar-refractivity contribution is 0.537. The van der Waals surface area contributed by atoms with Gasteiger partial charge in [0.25, 0.3) is 0 Å². The Hall–Kier alpha value is -0.250. The smallest absolute Gasteiger partial charge is 0.0186 e. The lowest BCUT2D eigenvalue weighted by Gasteiger charge is -2.17. The van der Waals surface area contributed by atoms with Crippen LogP contribution < -0.4 is 5.32 Å². The minimum absolute atomic E-state index is 0.565. The quantitative estimate of drug-likeness (QED) is 0.539. The number of rotatable bonds is 8. The second-order valence-corrected chi connectivity index (χ2v) is 6.53. The van der Waals surface area contributed by atoms with E-state index in [9.17, 15) is 0 Å². The van der Waals surface area contributed by atoms with E-state index in [1.165, 1.54) is 16.9 Å². The Morgan fingerprint density at radius 3 is 2.89 bits per heavy atom. The third-order valence-corrected chi connectivity index (χ3v) is 4.31. The molecule has 1 aromatic carbocycles. The van der Waals surface area contributed by atoms with E-state index < -0.39 is 0 Å². The van der Waals surface area contributed by atoms with Gasteiger partial charge in [0.1, 0.15) is 0 Å². The molecule has 0 aliphatic carbocycles. The number of thioether (sulfide) groups is 1. The van der Waals surface area contributed by atoms with Crippen molar-refractivity contribution in [3.05, 3.63) is 40.9 Å². The maximum absolute atomic E-state index is 3.98. The van der Waals surface area contributed by atoms with Crippen molar-refractivity contribution in [2.75, 3.05) is 12.3 Å². The van der Waals surface area contributed by atoms with Crippen LogP contribution in [0, 0.1) is 0 Å². The fraction of sp³-hybridized carbons (Fsp3) is 0.467. The molecule has 0 radical (unpaired) electrons. The van der Waals surface area contributed by atoms with Crippen LogP contribution in [0.2, 0.25) is 0 Å². The standard InChI is InChI=1S/C15H22BrNS/c1-4-17-14(9-8-12(2)3)11-18-15-7-5-6-13(16)10-15/h5-7,10,14,17H,2,4,8-9,11H2,1,3H3. The van der Waals surface area contributed by atoms with Crippen LogP contribution in [0.3, 0.4) is 0 Å². The van der Waals surface area contributed by atoms with E-state index >= 15 is 0 Å². The minimum atomic E-state index is 0.565. The summed E-state index contributed by atoms with van der Waals surface area (Å²) in [5.41, 5.74) is 1.27. The van der Waals surface area contributed by atoms with Gasteiger partial charge in [0.15, 0.2) is 0 Å². The zero-order valence-electron chi connectivity index (χ0n) is 11.2. The Morgan fingerprint density at radius 2 is 2.28 bits per heavy atom. The zero-order chi connectivity index (χ0) is 13.4. The molecular formula is C15H22BrNS. The van der Waals surface area contributed by atoms with Gasteiger partial charge < -0.3 is 5.32 Å². The molecular weight excluding hydrogens is 306 g/mol. The van der Waals surface area contributed by atoms with Crippen LogP contribution in [-0.2, 0) is 0 Å². The van der Waals surface area contributed by atoms with Gasteiger partial charge in [-0.3, -0.25) is 0 Å². The average Bonchev–Trinajstić information content (AvgIpc) is 2.32. The molecule has 1 aromatic rings. The lowest BCUT2D eigenvalue weighted by Crippen LogP contribution is -2.31. The van der Waals surface area contributed by atoms with E-state index in [0.29, 0.717) is 6.04 Å². The molecule has 0 bridgehead atoms. The number of benzene rings is 1. The predicted octanol–water partition coefficient (Wildman–Crippen LogP) is 4.88. The molecule has 0 fully saturated rings. The Labute approximate surface area is 124 Å². The molecule has 1 rings (SSSR count). The van der Waals surface area contributed by atoms with Gasteiger partial charge in [0.05, 0.1) is 0 Å². The molecule has 0 aromatic heterocycles. The SMILES string of the molecule is C=C(C)CCC(CSc1cccc(Br)c1)NCC. The first-order valence-electron chi connectivity index (χ1n) is 6.38. The van der Waals surface area contributed by atoms with Gasteiger partial charge in [0, 0.05) is 21.2 Å². The summed E-state index contributed by atoms with van der Waals surface area (Å²) in [6.07, 6.45) is 2.28. The predicted molar refractivity (Wildman–Crippen MR) is 86.4 cm³/mol. The first kappa shape index (κ1) is 15.8. The highest BCUT2D eigenvalue weighted by atomic mass is 79.9. The summed E-state index contributed by atoms with van der Waals surface area (Å²) >= 11 is 5.42. The van der Waals surface area contributed by atoms with E-state index in [4.69, 9.17) is 0 Å². The van der Waals surface area contributed by atoms with E-state index in [0.717, 1.165) is 23.2 Å². The summed E-state index contributed by atoms with van der Waals surface area (Å²) in [7, 11) is 0. The minimum Gasteiger partial charge on any atom is -0.313 e. The highest BCUT2D eigenvalue weighted by Gasteiger charge is 2.08. The summed E-state index contributed by atoms with van der Waals surface area (Å²) in [4.78, 5) is 1.32. The highest BCUT2D eigenvalue weighted by molar-refractivity contribution is 9.10. The maximum atomic E-state index is 3.98. The van der Waals surface area contributed by atoms with Crippen LogP contribution in [0.25, 0.3) is 0 Å². The Bertz CT molecular complexity index is 379. The van der Waals surface area contributed by atoms with Gasteiger partial charge in [-0.05, 0) is 44.5 Å². The van der Waals surface area contributed by atoms with E-state index in [1.54, 1.807) is 0 Å². The second-order valence-electron chi connectivity index (χ2n) is 4.52. The molecule has 0 aliphatic rings. The third-order valence-electron chi connectivity index (χ3n) is 2.66. The van der Waals surface area contributed by atoms with Gasteiger partial charge in [-0.1, -0.05) is 34.5 Å². The summed E-state index contributed by atoms with van der Waals surface area (Å²) in [6.45, 7) is 9.27. The van der Waals surface area contributed by atoms with Crippen LogP contribution in [0.4, 0.5) is 0 Å². The zero-order valence-corrected chi connectivity index (χ0v) is 13.6. The van der Waals surface area contributed by atoms with Crippen LogP contribution >= 0.6 is 27.7 Å². The van der Waals surface area contributed by atoms with E-state index in [-0.39, 0.29) is 0 Å². The molecule has 0 amide bonds. The molecule has 0 saturated carbocycles. The van der Waals surface area contributed by atoms with Crippen molar-refractivity contribution >= 4 is 27.7 Å². The molecule has 0 spiro atoms. The summed E-state index contributed by atoms with van der Waals surface area (Å²) in [5.74, 6) is 1.11. The van der Waals surface area contributed by atoms with Crippen LogP contribution in [0.5, 0.6) is 0 Å². The molecule has 100 valence electrons. The first-order chi connectivity index (χ1) is 8.61. The largest absolute Gasteiger partial charge is 0.313 e. The number of hydrogen-bond acceptors (Lipinski definition) is 2. The number of allylic oxidation sites excluding steroid dienone is 1. The van der Waals surface area contributed by atoms with Crippen molar-refractivity contribution in [3.63, 3.8) is 0 Å². The Morgan fingerprint density at radius 1 is 1.50 bits per heavy atom. The molecule has 1 unspecified atom stereocenters. The van der Waals surface area contributed by atoms with Crippen molar-refractivity contribution in [3.8, 4) is 0 Å². The van der Waals surface area contributed by atoms with Gasteiger partial charge in [-0.25, -0.2) is 0 Å². The van der Waals surface area contributed by atoms with Crippen molar-refractivity contribution in [1.29, 1.82) is 0 Å². The van der Waals surface area contributed by atoms with Gasteiger partial charge in [0.2, 0.25) is 0 Å². The van der Waals surface area contributed by atoms with Crippen LogP contribution in [-0.4, -0.2) is 18.3 Å². The highest BCUT2D eigenvalue weighted by Crippen LogP contribution is 2.23. The topological polar surface area (TPSA) is 12.0 Å². The summed E-state index contributed by atoms with van der Waals surface area (Å²) in [6, 6.07) is 9.05. The average molecular weight is 328 g/mol. The second kappa shape index (κ2) is 8.78. The van der Waals surface area contributed by atoms with Crippen LogP contribution in [0.15, 0.2) is 45.8 Å². The summed E-state index contributed by atoms with van der Waals surface area (Å²) in [5, 5.41) is 3.55. The van der Waals surface area contributed by atoms with Crippen molar-refractivity contribution in [1.82, 2.24) is 5.32 Å². The Balaban J connectivity index is 2.43. The number of hydrogen-bond donors (Lipinski definition) is 1. The third kappa shape index (κ3) is 6.62. The molecule has 1 N–H and O–H groups in total. The van der Waals surface area contributed by atoms with Crippen molar-refractivity contribution in [2.45, 2.75) is 37.6 Å². The molecule has 0 heterocycles. The monoisotopic (exact) mass is 327 g/mol. The summed E-state index contributed by atoms with van der Waals surface area (Å²) < 4.78 is 1.15. The molecule has 0 aliphatic heterocycles. The van der Waals surface area contributed by atoms with E-state index in [2.05, 4.69) is 65.9 Å². The molecule has 1 nitrogen and oxygen atoms in total. The first-order valence-corrected chi connectivity index (χ1v) is 8.15.